The van der Waals surface area contributed by atoms with Crippen LogP contribution in [0.15, 0.2) is 36.4 Å². The summed E-state index contributed by atoms with van der Waals surface area (Å²) in [4.78, 5) is 13.7. The molecule has 0 bridgehead atoms. The maximum absolute atomic E-state index is 11.2. The number of carbonyl (C=O) groups excluding carboxylic acids is 1. The van der Waals surface area contributed by atoms with Crippen LogP contribution >= 0.6 is 11.3 Å². The lowest BCUT2D eigenvalue weighted by molar-refractivity contribution is 0.101. The molecule has 0 unspecified atom stereocenters. The van der Waals surface area contributed by atoms with E-state index < -0.39 is 0 Å². The zero-order valence-electron chi connectivity index (χ0n) is 10.8. The molecule has 0 radical (unpaired) electrons. The van der Waals surface area contributed by atoms with Crippen LogP contribution in [0.2, 0.25) is 0 Å². The fourth-order valence-corrected chi connectivity index (χ4v) is 2.34. The van der Waals surface area contributed by atoms with Crippen molar-refractivity contribution in [3.05, 3.63) is 46.8 Å². The fourth-order valence-electron chi connectivity index (χ4n) is 1.48. The topological polar surface area (TPSA) is 17.1 Å². The van der Waals surface area contributed by atoms with E-state index in [0.717, 1.165) is 11.1 Å². The van der Waals surface area contributed by atoms with Crippen molar-refractivity contribution in [2.24, 2.45) is 0 Å². The first-order valence-corrected chi connectivity index (χ1v) is 6.66. The van der Waals surface area contributed by atoms with Crippen LogP contribution in [0.1, 0.15) is 36.0 Å². The monoisotopic (exact) mass is 246 g/mol. The van der Waals surface area contributed by atoms with E-state index in [2.05, 4.69) is 19.1 Å². The van der Waals surface area contributed by atoms with Crippen molar-refractivity contribution in [2.45, 2.75) is 27.7 Å². The van der Waals surface area contributed by atoms with Crippen molar-refractivity contribution >= 4 is 17.1 Å². The van der Waals surface area contributed by atoms with Gasteiger partial charge in [0.15, 0.2) is 5.78 Å². The van der Waals surface area contributed by atoms with Crippen molar-refractivity contribution in [3.63, 3.8) is 0 Å². The molecular formula is C15H18OS. The number of Topliss-reactive ketones (excluding diaryl/α,β-unsaturated/α-hetero) is 1. The summed E-state index contributed by atoms with van der Waals surface area (Å²) in [6.07, 6.45) is 0. The first-order chi connectivity index (χ1) is 8.16. The molecule has 0 N–H and O–H groups in total. The van der Waals surface area contributed by atoms with Gasteiger partial charge in [-0.2, -0.15) is 0 Å². The van der Waals surface area contributed by atoms with Gasteiger partial charge in [-0.25, -0.2) is 0 Å². The SMILES string of the molecule is CC.CC(=O)c1cccc(-c2ccc(C)s2)c1. The Morgan fingerprint density at radius 2 is 1.82 bits per heavy atom. The summed E-state index contributed by atoms with van der Waals surface area (Å²) in [7, 11) is 0. The Labute approximate surface area is 107 Å². The Hall–Kier alpha value is -1.41. The van der Waals surface area contributed by atoms with Gasteiger partial charge >= 0.3 is 0 Å². The van der Waals surface area contributed by atoms with E-state index in [0.29, 0.717) is 0 Å². The van der Waals surface area contributed by atoms with E-state index in [9.17, 15) is 4.79 Å². The van der Waals surface area contributed by atoms with E-state index in [-0.39, 0.29) is 5.78 Å². The molecule has 17 heavy (non-hydrogen) atoms. The molecule has 0 atom stereocenters. The number of carbonyl (C=O) groups is 1. The Morgan fingerprint density at radius 3 is 2.35 bits per heavy atom. The summed E-state index contributed by atoms with van der Waals surface area (Å²) >= 11 is 1.75. The fraction of sp³-hybridized carbons (Fsp3) is 0.267. The lowest BCUT2D eigenvalue weighted by Gasteiger charge is -1.99. The number of hydrogen-bond donors (Lipinski definition) is 0. The van der Waals surface area contributed by atoms with Crippen molar-refractivity contribution in [2.75, 3.05) is 0 Å². The molecule has 1 aromatic carbocycles. The average molecular weight is 246 g/mol. The molecule has 1 nitrogen and oxygen atoms in total. The number of aryl methyl sites for hydroxylation is 1. The summed E-state index contributed by atoms with van der Waals surface area (Å²) < 4.78 is 0. The molecule has 2 heteroatoms. The Kier molecular flexibility index (Phi) is 5.11. The highest BCUT2D eigenvalue weighted by atomic mass is 32.1. The summed E-state index contributed by atoms with van der Waals surface area (Å²) in [6, 6.07) is 12.0. The molecule has 2 rings (SSSR count). The van der Waals surface area contributed by atoms with Crippen LogP contribution in [0.4, 0.5) is 0 Å². The lowest BCUT2D eigenvalue weighted by atomic mass is 10.1. The van der Waals surface area contributed by atoms with Crippen LogP contribution < -0.4 is 0 Å². The standard InChI is InChI=1S/C13H12OS.C2H6/c1-9-6-7-13(15-9)12-5-3-4-11(8-12)10(2)14;1-2/h3-8H,1-2H3;1-2H3. The minimum absolute atomic E-state index is 0.116. The third-order valence-electron chi connectivity index (χ3n) is 2.29. The molecule has 2 aromatic rings. The highest BCUT2D eigenvalue weighted by Gasteiger charge is 2.03. The van der Waals surface area contributed by atoms with E-state index in [1.165, 1.54) is 9.75 Å². The minimum atomic E-state index is 0.116. The van der Waals surface area contributed by atoms with E-state index in [4.69, 9.17) is 0 Å². The van der Waals surface area contributed by atoms with Crippen molar-refractivity contribution in [1.29, 1.82) is 0 Å². The molecule has 1 heterocycles. The molecule has 1 aromatic heterocycles. The first-order valence-electron chi connectivity index (χ1n) is 5.84. The molecule has 0 amide bonds. The Bertz CT molecular complexity index is 497. The summed E-state index contributed by atoms with van der Waals surface area (Å²) in [6.45, 7) is 7.68. The molecule has 90 valence electrons. The molecular weight excluding hydrogens is 228 g/mol. The third-order valence-corrected chi connectivity index (χ3v) is 3.34. The van der Waals surface area contributed by atoms with Gasteiger partial charge in [0, 0.05) is 15.3 Å². The molecule has 0 spiro atoms. The van der Waals surface area contributed by atoms with Gasteiger partial charge in [-0.15, -0.1) is 11.3 Å². The van der Waals surface area contributed by atoms with E-state index in [1.807, 2.05) is 38.1 Å². The van der Waals surface area contributed by atoms with Crippen LogP contribution in [0.5, 0.6) is 0 Å². The second kappa shape index (κ2) is 6.36. The van der Waals surface area contributed by atoms with E-state index in [1.54, 1.807) is 18.3 Å². The smallest absolute Gasteiger partial charge is 0.159 e. The minimum Gasteiger partial charge on any atom is -0.295 e. The predicted octanol–water partition coefficient (Wildman–Crippen LogP) is 4.95. The molecule has 0 saturated heterocycles. The maximum atomic E-state index is 11.2. The number of thiophene rings is 1. The number of benzene rings is 1. The average Bonchev–Trinajstić information content (AvgIpc) is 2.79. The largest absolute Gasteiger partial charge is 0.295 e. The van der Waals surface area contributed by atoms with Gasteiger partial charge < -0.3 is 0 Å². The number of ketones is 1. The predicted molar refractivity (Wildman–Crippen MR) is 75.8 cm³/mol. The van der Waals surface area contributed by atoms with Gasteiger partial charge in [0.2, 0.25) is 0 Å². The highest BCUT2D eigenvalue weighted by molar-refractivity contribution is 7.15. The van der Waals surface area contributed by atoms with Crippen molar-refractivity contribution in [3.8, 4) is 10.4 Å². The molecule has 0 aliphatic carbocycles. The first kappa shape index (κ1) is 13.7. The zero-order valence-corrected chi connectivity index (χ0v) is 11.6. The normalized spacial score (nSPS) is 9.41. The summed E-state index contributed by atoms with van der Waals surface area (Å²) in [5, 5.41) is 0. The molecule has 0 saturated carbocycles. The van der Waals surface area contributed by atoms with Crippen LogP contribution in [0, 0.1) is 6.92 Å². The van der Waals surface area contributed by atoms with Crippen LogP contribution in [0.25, 0.3) is 10.4 Å². The lowest BCUT2D eigenvalue weighted by Crippen LogP contribution is -1.90. The quantitative estimate of drug-likeness (QED) is 0.685. The van der Waals surface area contributed by atoms with Gasteiger partial charge in [-0.3, -0.25) is 4.79 Å². The van der Waals surface area contributed by atoms with Gasteiger partial charge in [0.05, 0.1) is 0 Å². The second-order valence-electron chi connectivity index (χ2n) is 3.55. The summed E-state index contributed by atoms with van der Waals surface area (Å²) in [5.74, 6) is 0.116. The zero-order chi connectivity index (χ0) is 12.8. The molecule has 0 aliphatic heterocycles. The Morgan fingerprint density at radius 1 is 1.12 bits per heavy atom. The highest BCUT2D eigenvalue weighted by Crippen LogP contribution is 2.28. The van der Waals surface area contributed by atoms with Gasteiger partial charge in [-0.1, -0.05) is 32.0 Å². The van der Waals surface area contributed by atoms with Gasteiger partial charge in [-0.05, 0) is 37.6 Å². The van der Waals surface area contributed by atoms with Crippen molar-refractivity contribution in [1.82, 2.24) is 0 Å². The molecule has 0 fully saturated rings. The van der Waals surface area contributed by atoms with Crippen LogP contribution in [-0.4, -0.2) is 5.78 Å². The van der Waals surface area contributed by atoms with Crippen molar-refractivity contribution < 1.29 is 4.79 Å². The number of hydrogen-bond acceptors (Lipinski definition) is 2. The second-order valence-corrected chi connectivity index (χ2v) is 4.84. The maximum Gasteiger partial charge on any atom is 0.159 e. The van der Waals surface area contributed by atoms with Crippen LogP contribution in [0.3, 0.4) is 0 Å². The third kappa shape index (κ3) is 3.53. The van der Waals surface area contributed by atoms with Crippen LogP contribution in [-0.2, 0) is 0 Å². The summed E-state index contributed by atoms with van der Waals surface area (Å²) in [5.41, 5.74) is 1.90. The number of rotatable bonds is 2. The van der Waals surface area contributed by atoms with Gasteiger partial charge in [0.1, 0.15) is 0 Å². The molecule has 0 aliphatic rings. The van der Waals surface area contributed by atoms with E-state index >= 15 is 0 Å². The Balaban J connectivity index is 0.000000686. The van der Waals surface area contributed by atoms with Gasteiger partial charge in [0.25, 0.3) is 0 Å².